The molecule has 0 saturated carbocycles. The van der Waals surface area contributed by atoms with Crippen LogP contribution in [0.1, 0.15) is 0 Å². The first kappa shape index (κ1) is 22.4. The molecular weight excluding hydrogens is 270 g/mol. The molecule has 0 saturated heterocycles. The molecule has 2 N–H and O–H groups in total. The van der Waals surface area contributed by atoms with E-state index in [1.807, 2.05) is 0 Å². The normalized spacial score (nSPS) is 7.25. The summed E-state index contributed by atoms with van der Waals surface area (Å²) in [5.74, 6) is 0. The molecule has 0 unspecified atom stereocenters. The number of rotatable bonds is 0. The van der Waals surface area contributed by atoms with Gasteiger partial charge in [-0.3, -0.25) is 8.42 Å². The Labute approximate surface area is 106 Å². The van der Waals surface area contributed by atoms with Gasteiger partial charge in [0.05, 0.1) is 0 Å². The Morgan fingerprint density at radius 3 is 1.12 bits per heavy atom. The van der Waals surface area contributed by atoms with E-state index in [1.165, 1.54) is 0 Å². The van der Waals surface area contributed by atoms with Crippen LogP contribution in [-0.4, -0.2) is 46.9 Å². The predicted octanol–water partition coefficient (Wildman–Crippen LogP) is -5.54. The third-order valence-corrected chi connectivity index (χ3v) is 0. The van der Waals surface area contributed by atoms with E-state index in [-0.39, 0.29) is 80.8 Å². The molecule has 0 bridgehead atoms. The van der Waals surface area contributed by atoms with Crippen LogP contribution in [0.3, 0.4) is 0 Å². The Kier molecular flexibility index (Phi) is 26.0. The van der Waals surface area contributed by atoms with E-state index >= 15 is 0 Å². The van der Waals surface area contributed by atoms with Gasteiger partial charge in [-0.2, -0.15) is 0 Å². The molecule has 0 aliphatic carbocycles. The summed E-state index contributed by atoms with van der Waals surface area (Å²) in [6, 6.07) is 0. The molecule has 0 spiro atoms. The molecule has 0 fully saturated rings. The summed E-state index contributed by atoms with van der Waals surface area (Å²) in [5.41, 5.74) is 0. The second kappa shape index (κ2) is 9.27. The summed E-state index contributed by atoms with van der Waals surface area (Å²) in [5, 5.41) is 0. The monoisotopic (exact) mass is 273 g/mol. The van der Waals surface area contributed by atoms with Crippen molar-refractivity contribution in [1.29, 1.82) is 0 Å². The van der Waals surface area contributed by atoms with Gasteiger partial charge in [0.2, 0.25) is 0 Å². The van der Waals surface area contributed by atoms with Crippen LogP contribution >= 0.6 is 0 Å². The van der Waals surface area contributed by atoms with Crippen molar-refractivity contribution in [2.24, 2.45) is 0 Å². The van der Waals surface area contributed by atoms with Crippen LogP contribution in [0.4, 0.5) is 0 Å². The quantitative estimate of drug-likeness (QED) is 0.248. The summed E-state index contributed by atoms with van der Waals surface area (Å²) >= 11 is 0. The molecule has 8 heteroatoms. The van der Waals surface area contributed by atoms with Crippen molar-refractivity contribution in [3.8, 4) is 0 Å². The van der Waals surface area contributed by atoms with Gasteiger partial charge in [0.1, 0.15) is 0 Å². The summed E-state index contributed by atoms with van der Waals surface area (Å²) in [6.07, 6.45) is 0. The van der Waals surface area contributed by atoms with E-state index in [4.69, 9.17) is 17.5 Å². The minimum absolute atomic E-state index is 0. The first-order valence-electron chi connectivity index (χ1n) is 0.667. The SMILES string of the molecule is O.O=S(=O)([O-])[O-].[K+].[Sn+4]. The standard InChI is InChI=1S/K.H2O4S.H2O.Sn/c;1-5(2,3)4;;/h;(H2,1,2,3,4);1H2;/q+1;;;+4/p-2. The Morgan fingerprint density at radius 1 is 1.12 bits per heavy atom. The van der Waals surface area contributed by atoms with Crippen molar-refractivity contribution in [3.05, 3.63) is 0 Å². The summed E-state index contributed by atoms with van der Waals surface area (Å²) < 4.78 is 34.1. The van der Waals surface area contributed by atoms with Crippen molar-refractivity contribution in [1.82, 2.24) is 0 Å². The zero-order valence-electron chi connectivity index (χ0n) is 4.04. The van der Waals surface area contributed by atoms with E-state index in [0.29, 0.717) is 0 Å². The van der Waals surface area contributed by atoms with Crippen molar-refractivity contribution in [2.45, 2.75) is 0 Å². The van der Waals surface area contributed by atoms with Crippen molar-refractivity contribution in [2.75, 3.05) is 0 Å². The van der Waals surface area contributed by atoms with E-state index < -0.39 is 10.4 Å². The Morgan fingerprint density at radius 2 is 1.12 bits per heavy atom. The second-order valence-electron chi connectivity index (χ2n) is 0.408. The molecular formula is H2KO5SSn+3. The third kappa shape index (κ3) is 85.0. The van der Waals surface area contributed by atoms with Gasteiger partial charge in [0.15, 0.2) is 0 Å². The zero-order valence-corrected chi connectivity index (χ0v) is 10.8. The smallest absolute Gasteiger partial charge is 0.759 e. The molecule has 0 radical (unpaired) electrons. The summed E-state index contributed by atoms with van der Waals surface area (Å²) in [7, 11) is -5.17. The molecule has 0 aromatic carbocycles. The van der Waals surface area contributed by atoms with Gasteiger partial charge < -0.3 is 14.6 Å². The molecule has 40 valence electrons. The first-order valence-corrected chi connectivity index (χ1v) is 2.00. The second-order valence-corrected chi connectivity index (χ2v) is 1.22. The van der Waals surface area contributed by atoms with Gasteiger partial charge in [-0.25, -0.2) is 0 Å². The van der Waals surface area contributed by atoms with Crippen LogP contribution in [-0.2, 0) is 10.4 Å². The zero-order chi connectivity index (χ0) is 4.50. The average Bonchev–Trinajstić information content (AvgIpc) is 0.722. The van der Waals surface area contributed by atoms with Gasteiger partial charge in [0, 0.05) is 10.4 Å². The minimum atomic E-state index is -5.17. The summed E-state index contributed by atoms with van der Waals surface area (Å²) in [4.78, 5) is 0. The fourth-order valence-electron chi connectivity index (χ4n) is 0. The maximum atomic E-state index is 8.52. The maximum Gasteiger partial charge on any atom is 4.00 e. The van der Waals surface area contributed by atoms with Crippen molar-refractivity contribution in [3.63, 3.8) is 0 Å². The molecule has 0 aromatic heterocycles. The molecule has 0 aromatic rings. The van der Waals surface area contributed by atoms with Crippen LogP contribution in [0, 0.1) is 0 Å². The van der Waals surface area contributed by atoms with Gasteiger partial charge >= 0.3 is 75.3 Å². The van der Waals surface area contributed by atoms with E-state index in [1.54, 1.807) is 0 Å². The molecule has 0 amide bonds. The van der Waals surface area contributed by atoms with Crippen LogP contribution < -0.4 is 51.4 Å². The van der Waals surface area contributed by atoms with Crippen LogP contribution in [0.25, 0.3) is 0 Å². The molecule has 8 heavy (non-hydrogen) atoms. The van der Waals surface area contributed by atoms with Crippen molar-refractivity contribution < 1.29 is 74.4 Å². The Balaban J connectivity index is -0.0000000267. The maximum absolute atomic E-state index is 8.52. The van der Waals surface area contributed by atoms with Crippen LogP contribution in [0.5, 0.6) is 0 Å². The topological polar surface area (TPSA) is 112 Å². The molecule has 5 nitrogen and oxygen atoms in total. The average molecular weight is 272 g/mol. The first-order chi connectivity index (χ1) is 2.00. The molecule has 0 aliphatic rings. The van der Waals surface area contributed by atoms with E-state index in [9.17, 15) is 0 Å². The fraction of sp³-hybridized carbons (Fsp3) is 0. The number of hydrogen-bond acceptors (Lipinski definition) is 4. The predicted molar refractivity (Wildman–Crippen MR) is 19.8 cm³/mol. The largest absolute Gasteiger partial charge is 4.00 e. The van der Waals surface area contributed by atoms with Gasteiger partial charge in [-0.05, 0) is 0 Å². The third-order valence-electron chi connectivity index (χ3n) is 0. The molecule has 0 aliphatic heterocycles. The van der Waals surface area contributed by atoms with Crippen LogP contribution in [0.2, 0.25) is 0 Å². The van der Waals surface area contributed by atoms with Crippen molar-refractivity contribution >= 4 is 34.3 Å². The van der Waals surface area contributed by atoms with Crippen LogP contribution in [0.15, 0.2) is 0 Å². The Hall–Kier alpha value is 2.27. The molecule has 0 rings (SSSR count). The Bertz CT molecular complexity index is 95.6. The molecule has 0 heterocycles. The van der Waals surface area contributed by atoms with E-state index in [0.717, 1.165) is 0 Å². The minimum Gasteiger partial charge on any atom is -0.759 e. The van der Waals surface area contributed by atoms with Gasteiger partial charge in [-0.15, -0.1) is 0 Å². The number of hydrogen-bond donors (Lipinski definition) is 0. The van der Waals surface area contributed by atoms with E-state index in [2.05, 4.69) is 0 Å². The molecule has 0 atom stereocenters. The van der Waals surface area contributed by atoms with Gasteiger partial charge in [-0.1, -0.05) is 0 Å². The fourth-order valence-corrected chi connectivity index (χ4v) is 0. The van der Waals surface area contributed by atoms with Gasteiger partial charge in [0.25, 0.3) is 0 Å². The summed E-state index contributed by atoms with van der Waals surface area (Å²) in [6.45, 7) is 0.